The molecule has 3 aliphatic rings. The van der Waals surface area contributed by atoms with E-state index in [0.29, 0.717) is 11.8 Å². The normalized spacial score (nSPS) is 36.7. The Morgan fingerprint density at radius 1 is 1.25 bits per heavy atom. The van der Waals surface area contributed by atoms with Gasteiger partial charge < -0.3 is 4.90 Å². The molecule has 3 heteroatoms. The highest BCUT2D eigenvalue weighted by atomic mass is 16.2. The molecule has 2 saturated carbocycles. The molecule has 1 saturated heterocycles. The second kappa shape index (κ2) is 5.32. The van der Waals surface area contributed by atoms with Crippen LogP contribution in [-0.2, 0) is 4.79 Å². The molecule has 1 heterocycles. The van der Waals surface area contributed by atoms with Crippen molar-refractivity contribution in [3.8, 4) is 0 Å². The van der Waals surface area contributed by atoms with Gasteiger partial charge >= 0.3 is 0 Å². The van der Waals surface area contributed by atoms with Gasteiger partial charge in [0, 0.05) is 6.54 Å². The first-order chi connectivity index (χ1) is 9.53. The van der Waals surface area contributed by atoms with Gasteiger partial charge in [0.25, 0.3) is 0 Å². The molecule has 3 fully saturated rings. The maximum absolute atomic E-state index is 13.0. The van der Waals surface area contributed by atoms with E-state index in [1.54, 1.807) is 0 Å². The summed E-state index contributed by atoms with van der Waals surface area (Å²) in [6.07, 6.45) is 8.76. The van der Waals surface area contributed by atoms with Crippen molar-refractivity contribution in [1.82, 2.24) is 10.2 Å². The third-order valence-electron chi connectivity index (χ3n) is 5.99. The van der Waals surface area contributed by atoms with Crippen molar-refractivity contribution in [3.63, 3.8) is 0 Å². The second-order valence-corrected chi connectivity index (χ2v) is 7.75. The van der Waals surface area contributed by atoms with Crippen molar-refractivity contribution >= 4 is 5.91 Å². The average Bonchev–Trinajstić information content (AvgIpc) is 3.08. The zero-order valence-corrected chi connectivity index (χ0v) is 13.3. The molecule has 3 nitrogen and oxygen atoms in total. The number of nitrogens with one attached hydrogen (secondary N) is 1. The quantitative estimate of drug-likeness (QED) is 0.860. The Morgan fingerprint density at radius 2 is 1.95 bits per heavy atom. The fraction of sp³-hybridized carbons (Fsp3) is 0.941. The Bertz CT molecular complexity index is 373. The minimum absolute atomic E-state index is 0.198. The molecule has 1 aliphatic heterocycles. The van der Waals surface area contributed by atoms with Crippen molar-refractivity contribution in [3.05, 3.63) is 0 Å². The van der Waals surface area contributed by atoms with Crippen LogP contribution in [0.3, 0.4) is 0 Å². The Hall–Kier alpha value is -0.570. The van der Waals surface area contributed by atoms with Gasteiger partial charge in [0.05, 0.1) is 11.7 Å². The van der Waals surface area contributed by atoms with Crippen LogP contribution >= 0.6 is 0 Å². The van der Waals surface area contributed by atoms with E-state index in [-0.39, 0.29) is 11.7 Å². The molecule has 0 aromatic heterocycles. The fourth-order valence-corrected chi connectivity index (χ4v) is 4.63. The molecule has 0 radical (unpaired) electrons. The number of rotatable bonds is 3. The Morgan fingerprint density at radius 3 is 2.50 bits per heavy atom. The van der Waals surface area contributed by atoms with Crippen molar-refractivity contribution < 1.29 is 4.79 Å². The highest BCUT2D eigenvalue weighted by molar-refractivity contribution is 5.89. The molecule has 114 valence electrons. The smallest absolute Gasteiger partial charge is 0.244 e. The lowest BCUT2D eigenvalue weighted by Crippen LogP contribution is -2.45. The minimum atomic E-state index is -0.198. The molecule has 1 spiro atoms. The maximum atomic E-state index is 13.0. The Kier molecular flexibility index (Phi) is 3.83. The molecule has 0 aromatic carbocycles. The van der Waals surface area contributed by atoms with Gasteiger partial charge in [-0.1, -0.05) is 46.5 Å². The summed E-state index contributed by atoms with van der Waals surface area (Å²) in [6, 6.07) is 0. The van der Waals surface area contributed by atoms with Crippen molar-refractivity contribution in [2.75, 3.05) is 6.54 Å². The Balaban J connectivity index is 1.77. The summed E-state index contributed by atoms with van der Waals surface area (Å²) in [5.41, 5.74) is -0.198. The lowest BCUT2D eigenvalue weighted by molar-refractivity contribution is -0.134. The summed E-state index contributed by atoms with van der Waals surface area (Å²) in [5, 5.41) is 3.73. The van der Waals surface area contributed by atoms with Crippen LogP contribution in [0, 0.1) is 17.8 Å². The highest BCUT2D eigenvalue weighted by Crippen LogP contribution is 2.40. The molecule has 1 N–H and O–H groups in total. The molecule has 2 aliphatic carbocycles. The van der Waals surface area contributed by atoms with E-state index >= 15 is 0 Å². The second-order valence-electron chi connectivity index (χ2n) is 7.75. The summed E-state index contributed by atoms with van der Waals surface area (Å²) in [4.78, 5) is 15.2. The van der Waals surface area contributed by atoms with E-state index in [4.69, 9.17) is 0 Å². The van der Waals surface area contributed by atoms with Gasteiger partial charge in [0.2, 0.25) is 5.91 Å². The van der Waals surface area contributed by atoms with Crippen LogP contribution in [0.5, 0.6) is 0 Å². The number of carbonyl (C=O) groups is 1. The molecule has 1 amide bonds. The zero-order chi connectivity index (χ0) is 14.3. The van der Waals surface area contributed by atoms with Gasteiger partial charge in [-0.05, 0) is 37.0 Å². The van der Waals surface area contributed by atoms with Crippen LogP contribution in [0.4, 0.5) is 0 Å². The summed E-state index contributed by atoms with van der Waals surface area (Å²) in [6.45, 7) is 7.83. The summed E-state index contributed by atoms with van der Waals surface area (Å²) in [5.74, 6) is 2.41. The van der Waals surface area contributed by atoms with E-state index in [0.717, 1.165) is 31.2 Å². The molecule has 3 atom stereocenters. The van der Waals surface area contributed by atoms with Crippen LogP contribution in [0.2, 0.25) is 0 Å². The number of hydrogen-bond donors (Lipinski definition) is 1. The number of hydrogen-bond acceptors (Lipinski definition) is 2. The van der Waals surface area contributed by atoms with Crippen LogP contribution < -0.4 is 5.32 Å². The maximum Gasteiger partial charge on any atom is 0.244 e. The first kappa shape index (κ1) is 14.4. The average molecular weight is 278 g/mol. The number of nitrogens with zero attached hydrogens (tertiary/aromatic N) is 1. The van der Waals surface area contributed by atoms with E-state index < -0.39 is 0 Å². The summed E-state index contributed by atoms with van der Waals surface area (Å²) >= 11 is 0. The molecule has 0 aromatic rings. The number of carbonyl (C=O) groups excluding carboxylic acids is 1. The van der Waals surface area contributed by atoms with E-state index in [2.05, 4.69) is 31.0 Å². The highest BCUT2D eigenvalue weighted by Gasteiger charge is 2.53. The van der Waals surface area contributed by atoms with E-state index in [1.807, 2.05) is 0 Å². The minimum Gasteiger partial charge on any atom is -0.325 e. The Labute approximate surface area is 123 Å². The fourth-order valence-electron chi connectivity index (χ4n) is 4.63. The molecule has 20 heavy (non-hydrogen) atoms. The first-order valence-electron chi connectivity index (χ1n) is 8.62. The molecular weight excluding hydrogens is 248 g/mol. The van der Waals surface area contributed by atoms with Crippen LogP contribution in [0.1, 0.15) is 65.7 Å². The van der Waals surface area contributed by atoms with Gasteiger partial charge in [-0.3, -0.25) is 10.1 Å². The standard InChI is InChI=1S/C17H30N2O/c1-12(2)15-18-17(9-4-5-10-17)16(20)19(15)11-14-8-6-7-13(14)3/h12-15,18H,4-11H2,1-3H3. The van der Waals surface area contributed by atoms with Crippen molar-refractivity contribution in [1.29, 1.82) is 0 Å². The van der Waals surface area contributed by atoms with Gasteiger partial charge in [-0.15, -0.1) is 0 Å². The monoisotopic (exact) mass is 278 g/mol. The largest absolute Gasteiger partial charge is 0.325 e. The predicted molar refractivity (Wildman–Crippen MR) is 81.2 cm³/mol. The predicted octanol–water partition coefficient (Wildman–Crippen LogP) is 3.15. The molecule has 0 bridgehead atoms. The third kappa shape index (κ3) is 2.28. The summed E-state index contributed by atoms with van der Waals surface area (Å²) in [7, 11) is 0. The lowest BCUT2D eigenvalue weighted by atomic mass is 9.95. The molecule has 3 rings (SSSR count). The van der Waals surface area contributed by atoms with Crippen LogP contribution in [0.25, 0.3) is 0 Å². The van der Waals surface area contributed by atoms with Crippen LogP contribution in [-0.4, -0.2) is 29.1 Å². The summed E-state index contributed by atoms with van der Waals surface area (Å²) < 4.78 is 0. The van der Waals surface area contributed by atoms with Crippen molar-refractivity contribution in [2.24, 2.45) is 17.8 Å². The zero-order valence-electron chi connectivity index (χ0n) is 13.3. The van der Waals surface area contributed by atoms with Gasteiger partial charge in [-0.2, -0.15) is 0 Å². The molecule has 3 unspecified atom stereocenters. The number of amides is 1. The topological polar surface area (TPSA) is 32.3 Å². The van der Waals surface area contributed by atoms with E-state index in [1.165, 1.54) is 32.1 Å². The SMILES string of the molecule is CC(C)C1NC2(CCCC2)C(=O)N1CC1CCCC1C. The lowest BCUT2D eigenvalue weighted by Gasteiger charge is -2.30. The first-order valence-corrected chi connectivity index (χ1v) is 8.62. The van der Waals surface area contributed by atoms with Gasteiger partial charge in [0.15, 0.2) is 0 Å². The van der Waals surface area contributed by atoms with Crippen LogP contribution in [0.15, 0.2) is 0 Å². The van der Waals surface area contributed by atoms with Crippen molar-refractivity contribution in [2.45, 2.75) is 77.4 Å². The van der Waals surface area contributed by atoms with Gasteiger partial charge in [0.1, 0.15) is 0 Å². The van der Waals surface area contributed by atoms with Gasteiger partial charge in [-0.25, -0.2) is 0 Å². The molecular formula is C17H30N2O. The van der Waals surface area contributed by atoms with E-state index in [9.17, 15) is 4.79 Å². The third-order valence-corrected chi connectivity index (χ3v) is 5.99.